The van der Waals surface area contributed by atoms with Crippen LogP contribution < -0.4 is 10.5 Å². The van der Waals surface area contributed by atoms with E-state index in [9.17, 15) is 0 Å². The van der Waals surface area contributed by atoms with E-state index in [0.717, 1.165) is 12.1 Å². The van der Waals surface area contributed by atoms with Crippen LogP contribution in [0, 0.1) is 5.92 Å². The molecule has 0 aliphatic rings. The molecule has 4 nitrogen and oxygen atoms in total. The molecule has 1 unspecified atom stereocenters. The SMILES string of the molecule is CCCC(C)COc1nccnc1CN. The van der Waals surface area contributed by atoms with Gasteiger partial charge in [-0.15, -0.1) is 0 Å². The second kappa shape index (κ2) is 6.35. The summed E-state index contributed by atoms with van der Waals surface area (Å²) in [5.41, 5.74) is 6.26. The van der Waals surface area contributed by atoms with Crippen molar-refractivity contribution in [1.29, 1.82) is 0 Å². The van der Waals surface area contributed by atoms with E-state index in [4.69, 9.17) is 10.5 Å². The number of aromatic nitrogens is 2. The lowest BCUT2D eigenvalue weighted by Gasteiger charge is -2.12. The molecule has 0 radical (unpaired) electrons. The molecule has 1 atom stereocenters. The molecule has 15 heavy (non-hydrogen) atoms. The maximum atomic E-state index is 5.59. The zero-order valence-corrected chi connectivity index (χ0v) is 9.44. The fourth-order valence-electron chi connectivity index (χ4n) is 1.41. The van der Waals surface area contributed by atoms with Crippen LogP contribution in [0.3, 0.4) is 0 Å². The Morgan fingerprint density at radius 1 is 1.40 bits per heavy atom. The molecule has 84 valence electrons. The van der Waals surface area contributed by atoms with E-state index in [2.05, 4.69) is 23.8 Å². The highest BCUT2D eigenvalue weighted by Gasteiger charge is 2.07. The first-order chi connectivity index (χ1) is 7.27. The number of ether oxygens (including phenoxy) is 1. The highest BCUT2D eigenvalue weighted by molar-refractivity contribution is 5.16. The summed E-state index contributed by atoms with van der Waals surface area (Å²) in [6.07, 6.45) is 5.59. The van der Waals surface area contributed by atoms with Gasteiger partial charge in [0.2, 0.25) is 5.88 Å². The van der Waals surface area contributed by atoms with Crippen LogP contribution in [0.4, 0.5) is 0 Å². The van der Waals surface area contributed by atoms with Crippen LogP contribution in [-0.2, 0) is 6.54 Å². The second-order valence-electron chi connectivity index (χ2n) is 3.72. The van der Waals surface area contributed by atoms with Crippen molar-refractivity contribution in [3.05, 3.63) is 18.1 Å². The first-order valence-corrected chi connectivity index (χ1v) is 5.40. The molecule has 1 aromatic rings. The maximum Gasteiger partial charge on any atom is 0.236 e. The summed E-state index contributed by atoms with van der Waals surface area (Å²) in [7, 11) is 0. The smallest absolute Gasteiger partial charge is 0.236 e. The topological polar surface area (TPSA) is 61.0 Å². The second-order valence-corrected chi connectivity index (χ2v) is 3.72. The van der Waals surface area contributed by atoms with Crippen molar-refractivity contribution in [1.82, 2.24) is 9.97 Å². The minimum absolute atomic E-state index is 0.366. The molecular formula is C11H19N3O. The van der Waals surface area contributed by atoms with Crippen LogP contribution in [0.1, 0.15) is 32.4 Å². The zero-order chi connectivity index (χ0) is 11.1. The molecule has 0 saturated carbocycles. The number of nitrogens with zero attached hydrogens (tertiary/aromatic N) is 2. The predicted molar refractivity (Wildman–Crippen MR) is 59.5 cm³/mol. The first-order valence-electron chi connectivity index (χ1n) is 5.40. The summed E-state index contributed by atoms with van der Waals surface area (Å²) in [5, 5.41) is 0. The molecule has 0 amide bonds. The minimum atomic E-state index is 0.366. The molecule has 1 aromatic heterocycles. The van der Waals surface area contributed by atoms with E-state index in [0.29, 0.717) is 24.9 Å². The van der Waals surface area contributed by atoms with E-state index in [-0.39, 0.29) is 0 Å². The van der Waals surface area contributed by atoms with Gasteiger partial charge in [0, 0.05) is 18.9 Å². The molecule has 0 fully saturated rings. The van der Waals surface area contributed by atoms with Gasteiger partial charge in [0.25, 0.3) is 0 Å². The fourth-order valence-corrected chi connectivity index (χ4v) is 1.41. The van der Waals surface area contributed by atoms with Gasteiger partial charge in [-0.2, -0.15) is 0 Å². The van der Waals surface area contributed by atoms with Gasteiger partial charge in [0.05, 0.1) is 6.61 Å². The van der Waals surface area contributed by atoms with Crippen molar-refractivity contribution in [3.63, 3.8) is 0 Å². The lowest BCUT2D eigenvalue weighted by molar-refractivity contribution is 0.239. The summed E-state index contributed by atoms with van der Waals surface area (Å²) in [6, 6.07) is 0. The molecule has 4 heteroatoms. The fraction of sp³-hybridized carbons (Fsp3) is 0.636. The van der Waals surface area contributed by atoms with Crippen molar-refractivity contribution in [3.8, 4) is 5.88 Å². The van der Waals surface area contributed by atoms with Crippen LogP contribution >= 0.6 is 0 Å². The Morgan fingerprint density at radius 2 is 2.13 bits per heavy atom. The normalized spacial score (nSPS) is 12.5. The van der Waals surface area contributed by atoms with E-state index in [1.165, 1.54) is 6.42 Å². The first kappa shape index (κ1) is 11.9. The van der Waals surface area contributed by atoms with Crippen LogP contribution in [0.2, 0.25) is 0 Å². The molecular weight excluding hydrogens is 190 g/mol. The molecule has 0 bridgehead atoms. The van der Waals surface area contributed by atoms with Crippen molar-refractivity contribution in [2.75, 3.05) is 6.61 Å². The van der Waals surface area contributed by atoms with Crippen molar-refractivity contribution >= 4 is 0 Å². The lowest BCUT2D eigenvalue weighted by atomic mass is 10.1. The molecule has 0 aliphatic heterocycles. The summed E-state index contributed by atoms with van der Waals surface area (Å²) >= 11 is 0. The Morgan fingerprint density at radius 3 is 2.80 bits per heavy atom. The minimum Gasteiger partial charge on any atom is -0.476 e. The van der Waals surface area contributed by atoms with Gasteiger partial charge in [0.1, 0.15) is 5.69 Å². The highest BCUT2D eigenvalue weighted by Crippen LogP contribution is 2.13. The molecule has 0 aromatic carbocycles. The number of hydrogen-bond acceptors (Lipinski definition) is 4. The van der Waals surface area contributed by atoms with Crippen LogP contribution in [0.25, 0.3) is 0 Å². The summed E-state index contributed by atoms with van der Waals surface area (Å²) in [6.45, 7) is 5.39. The summed E-state index contributed by atoms with van der Waals surface area (Å²) < 4.78 is 5.59. The molecule has 2 N–H and O–H groups in total. The molecule has 1 rings (SSSR count). The van der Waals surface area contributed by atoms with Gasteiger partial charge < -0.3 is 10.5 Å². The van der Waals surface area contributed by atoms with Crippen LogP contribution in [-0.4, -0.2) is 16.6 Å². The van der Waals surface area contributed by atoms with Gasteiger partial charge in [-0.3, -0.25) is 4.98 Å². The Balaban J connectivity index is 2.49. The monoisotopic (exact) mass is 209 g/mol. The average Bonchev–Trinajstić information content (AvgIpc) is 2.27. The van der Waals surface area contributed by atoms with Crippen LogP contribution in [0.15, 0.2) is 12.4 Å². The third-order valence-electron chi connectivity index (χ3n) is 2.22. The van der Waals surface area contributed by atoms with Crippen molar-refractivity contribution in [2.45, 2.75) is 33.2 Å². The lowest BCUT2D eigenvalue weighted by Crippen LogP contribution is -2.12. The summed E-state index contributed by atoms with van der Waals surface area (Å²) in [4.78, 5) is 8.23. The number of rotatable bonds is 6. The van der Waals surface area contributed by atoms with Crippen LogP contribution in [0.5, 0.6) is 5.88 Å². The largest absolute Gasteiger partial charge is 0.476 e. The standard InChI is InChI=1S/C11H19N3O/c1-3-4-9(2)8-15-11-10(7-12)13-5-6-14-11/h5-6,9H,3-4,7-8,12H2,1-2H3. The quantitative estimate of drug-likeness (QED) is 0.775. The van der Waals surface area contributed by atoms with Crippen molar-refractivity contribution < 1.29 is 4.74 Å². The third-order valence-corrected chi connectivity index (χ3v) is 2.22. The van der Waals surface area contributed by atoms with Gasteiger partial charge >= 0.3 is 0 Å². The van der Waals surface area contributed by atoms with Gasteiger partial charge in [-0.1, -0.05) is 20.3 Å². The van der Waals surface area contributed by atoms with E-state index in [1.54, 1.807) is 12.4 Å². The Bertz CT molecular complexity index is 291. The Labute approximate surface area is 90.9 Å². The van der Waals surface area contributed by atoms with Crippen molar-refractivity contribution in [2.24, 2.45) is 11.7 Å². The number of nitrogens with two attached hydrogens (primary N) is 1. The Kier molecular flexibility index (Phi) is 5.04. The maximum absolute atomic E-state index is 5.59. The summed E-state index contributed by atoms with van der Waals surface area (Å²) in [5.74, 6) is 1.12. The number of hydrogen-bond donors (Lipinski definition) is 1. The average molecular weight is 209 g/mol. The van der Waals surface area contributed by atoms with E-state index < -0.39 is 0 Å². The van der Waals surface area contributed by atoms with E-state index >= 15 is 0 Å². The molecule has 0 spiro atoms. The molecule has 0 saturated heterocycles. The van der Waals surface area contributed by atoms with E-state index in [1.807, 2.05) is 0 Å². The van der Waals surface area contributed by atoms with Gasteiger partial charge in [-0.05, 0) is 12.3 Å². The highest BCUT2D eigenvalue weighted by atomic mass is 16.5. The molecule has 0 aliphatic carbocycles. The van der Waals surface area contributed by atoms with Gasteiger partial charge in [0.15, 0.2) is 0 Å². The zero-order valence-electron chi connectivity index (χ0n) is 9.44. The van der Waals surface area contributed by atoms with Gasteiger partial charge in [-0.25, -0.2) is 4.98 Å². The predicted octanol–water partition coefficient (Wildman–Crippen LogP) is 1.75. The third kappa shape index (κ3) is 3.83. The molecule has 1 heterocycles. The Hall–Kier alpha value is -1.16.